The van der Waals surface area contributed by atoms with Gasteiger partial charge in [0.15, 0.2) is 23.0 Å². The molecule has 1 aliphatic rings. The van der Waals surface area contributed by atoms with Crippen molar-refractivity contribution in [2.24, 2.45) is 0 Å². The van der Waals surface area contributed by atoms with E-state index in [1.165, 1.54) is 0 Å². The third-order valence-corrected chi connectivity index (χ3v) is 4.61. The van der Waals surface area contributed by atoms with Gasteiger partial charge in [0.25, 0.3) is 0 Å². The number of ether oxygens (including phenoxy) is 4. The van der Waals surface area contributed by atoms with Crippen molar-refractivity contribution in [3.8, 4) is 23.0 Å². The van der Waals surface area contributed by atoms with E-state index in [0.717, 1.165) is 28.2 Å². The summed E-state index contributed by atoms with van der Waals surface area (Å²) < 4.78 is 22.6. The van der Waals surface area contributed by atoms with Gasteiger partial charge in [-0.1, -0.05) is 25.1 Å². The third kappa shape index (κ3) is 3.04. The average molecular weight is 340 g/mol. The Morgan fingerprint density at radius 1 is 0.920 bits per heavy atom. The van der Waals surface area contributed by atoms with Crippen LogP contribution in [-0.4, -0.2) is 21.3 Å². The summed E-state index contributed by atoms with van der Waals surface area (Å²) in [7, 11) is 4.95. The molecule has 0 saturated carbocycles. The Balaban J connectivity index is 2.01. The first-order valence-electron chi connectivity index (χ1n) is 8.36. The van der Waals surface area contributed by atoms with Gasteiger partial charge in [-0.3, -0.25) is 0 Å². The van der Waals surface area contributed by atoms with Crippen LogP contribution in [0.4, 0.5) is 0 Å². The molecule has 2 aromatic rings. The third-order valence-electron chi connectivity index (χ3n) is 4.61. The molecule has 0 aliphatic carbocycles. The summed E-state index contributed by atoms with van der Waals surface area (Å²) in [5, 5.41) is 0. The van der Waals surface area contributed by atoms with Gasteiger partial charge in [0.1, 0.15) is 6.10 Å². The van der Waals surface area contributed by atoms with Gasteiger partial charge >= 0.3 is 0 Å². The van der Waals surface area contributed by atoms with E-state index in [1.807, 2.05) is 37.3 Å². The quantitative estimate of drug-likeness (QED) is 0.769. The van der Waals surface area contributed by atoms with Gasteiger partial charge in [-0.15, -0.1) is 0 Å². The normalized spacial score (nSPS) is 18.8. The largest absolute Gasteiger partial charge is 0.493 e. The molecular weight excluding hydrogens is 316 g/mol. The summed E-state index contributed by atoms with van der Waals surface area (Å²) >= 11 is 0. The standard InChI is InChI=1S/C21H24O4/c1-6-7-14-10-16-13(2)20(25-21(16)19(11-14)24-5)15-8-9-17(22-3)18(12-15)23-4/h6-13,20H,1-5H3/t13-,20+/m0/s1. The second-order valence-corrected chi connectivity index (χ2v) is 6.08. The number of rotatable bonds is 5. The maximum absolute atomic E-state index is 6.29. The molecule has 0 fully saturated rings. The number of hydrogen-bond donors (Lipinski definition) is 0. The van der Waals surface area contributed by atoms with Gasteiger partial charge in [-0.2, -0.15) is 0 Å². The molecule has 4 heteroatoms. The van der Waals surface area contributed by atoms with Crippen molar-refractivity contribution < 1.29 is 18.9 Å². The maximum atomic E-state index is 6.29. The van der Waals surface area contributed by atoms with E-state index in [4.69, 9.17) is 18.9 Å². The van der Waals surface area contributed by atoms with Crippen molar-refractivity contribution in [3.63, 3.8) is 0 Å². The van der Waals surface area contributed by atoms with Gasteiger partial charge in [-0.05, 0) is 42.3 Å². The van der Waals surface area contributed by atoms with Crippen molar-refractivity contribution in [2.45, 2.75) is 25.9 Å². The Labute approximate surface area is 149 Å². The minimum atomic E-state index is -0.0930. The Morgan fingerprint density at radius 2 is 1.64 bits per heavy atom. The van der Waals surface area contributed by atoms with Crippen LogP contribution >= 0.6 is 0 Å². The van der Waals surface area contributed by atoms with Crippen molar-refractivity contribution in [1.82, 2.24) is 0 Å². The van der Waals surface area contributed by atoms with Crippen LogP contribution in [0.3, 0.4) is 0 Å². The maximum Gasteiger partial charge on any atom is 0.165 e. The predicted octanol–water partition coefficient (Wildman–Crippen LogP) is 4.98. The highest BCUT2D eigenvalue weighted by molar-refractivity contribution is 5.62. The predicted molar refractivity (Wildman–Crippen MR) is 99.0 cm³/mol. The fourth-order valence-electron chi connectivity index (χ4n) is 3.33. The number of hydrogen-bond acceptors (Lipinski definition) is 4. The molecule has 0 amide bonds. The molecular formula is C21H24O4. The van der Waals surface area contributed by atoms with Crippen molar-refractivity contribution >= 4 is 6.08 Å². The lowest BCUT2D eigenvalue weighted by Crippen LogP contribution is -2.07. The van der Waals surface area contributed by atoms with Gasteiger partial charge in [0.2, 0.25) is 0 Å². The summed E-state index contributed by atoms with van der Waals surface area (Å²) in [6.07, 6.45) is 4.00. The zero-order valence-corrected chi connectivity index (χ0v) is 15.3. The van der Waals surface area contributed by atoms with Crippen LogP contribution in [0, 0.1) is 0 Å². The Kier molecular flexibility index (Phi) is 4.88. The minimum absolute atomic E-state index is 0.0930. The molecule has 3 rings (SSSR count). The fraction of sp³-hybridized carbons (Fsp3) is 0.333. The summed E-state index contributed by atoms with van der Waals surface area (Å²) in [6, 6.07) is 10.1. The molecule has 25 heavy (non-hydrogen) atoms. The van der Waals surface area contributed by atoms with E-state index in [-0.39, 0.29) is 12.0 Å². The van der Waals surface area contributed by atoms with Crippen LogP contribution in [0.25, 0.3) is 6.08 Å². The van der Waals surface area contributed by atoms with Crippen LogP contribution < -0.4 is 18.9 Å². The zero-order chi connectivity index (χ0) is 18.0. The highest BCUT2D eigenvalue weighted by Crippen LogP contribution is 2.51. The monoisotopic (exact) mass is 340 g/mol. The first-order valence-corrected chi connectivity index (χ1v) is 8.36. The molecule has 1 heterocycles. The van der Waals surface area contributed by atoms with E-state index in [9.17, 15) is 0 Å². The molecule has 0 aromatic heterocycles. The van der Waals surface area contributed by atoms with Gasteiger partial charge < -0.3 is 18.9 Å². The number of benzene rings is 2. The average Bonchev–Trinajstić information content (AvgIpc) is 2.97. The summed E-state index contributed by atoms with van der Waals surface area (Å²) in [5.41, 5.74) is 3.32. The molecule has 1 aliphatic heterocycles. The van der Waals surface area contributed by atoms with Crippen LogP contribution in [0.15, 0.2) is 36.4 Å². The van der Waals surface area contributed by atoms with Crippen LogP contribution in [0.2, 0.25) is 0 Å². The molecule has 0 spiro atoms. The summed E-state index contributed by atoms with van der Waals surface area (Å²) in [4.78, 5) is 0. The SMILES string of the molecule is CC=Cc1cc(OC)c2c(c1)[C@H](C)[C@H](c1ccc(OC)c(OC)c1)O2. The molecule has 0 radical (unpaired) electrons. The topological polar surface area (TPSA) is 36.9 Å². The zero-order valence-electron chi connectivity index (χ0n) is 15.3. The van der Waals surface area contributed by atoms with E-state index in [1.54, 1.807) is 21.3 Å². The summed E-state index contributed by atoms with van der Waals surface area (Å²) in [5.74, 6) is 3.20. The summed E-state index contributed by atoms with van der Waals surface area (Å²) in [6.45, 7) is 4.18. The van der Waals surface area contributed by atoms with E-state index in [2.05, 4.69) is 19.1 Å². The van der Waals surface area contributed by atoms with Gasteiger partial charge in [0, 0.05) is 11.5 Å². The highest BCUT2D eigenvalue weighted by Gasteiger charge is 2.35. The first kappa shape index (κ1) is 17.2. The molecule has 0 unspecified atom stereocenters. The number of allylic oxidation sites excluding steroid dienone is 1. The molecule has 0 bridgehead atoms. The molecule has 132 valence electrons. The van der Waals surface area contributed by atoms with Crippen LogP contribution in [0.1, 0.15) is 42.6 Å². The molecule has 0 N–H and O–H groups in total. The molecule has 2 atom stereocenters. The second kappa shape index (κ2) is 7.09. The molecule has 4 nitrogen and oxygen atoms in total. The van der Waals surface area contributed by atoms with Crippen molar-refractivity contribution in [2.75, 3.05) is 21.3 Å². The molecule has 0 saturated heterocycles. The lowest BCUT2D eigenvalue weighted by atomic mass is 9.91. The fourth-order valence-corrected chi connectivity index (χ4v) is 3.33. The molecule has 2 aromatic carbocycles. The number of fused-ring (bicyclic) bond motifs is 1. The minimum Gasteiger partial charge on any atom is -0.493 e. The first-order chi connectivity index (χ1) is 12.1. The smallest absolute Gasteiger partial charge is 0.165 e. The lowest BCUT2D eigenvalue weighted by molar-refractivity contribution is 0.207. The Hall–Kier alpha value is -2.62. The Bertz CT molecular complexity index is 795. The van der Waals surface area contributed by atoms with E-state index in [0.29, 0.717) is 11.5 Å². The van der Waals surface area contributed by atoms with Crippen molar-refractivity contribution in [3.05, 3.63) is 53.1 Å². The van der Waals surface area contributed by atoms with Crippen LogP contribution in [0.5, 0.6) is 23.0 Å². The van der Waals surface area contributed by atoms with Gasteiger partial charge in [-0.25, -0.2) is 0 Å². The highest BCUT2D eigenvalue weighted by atomic mass is 16.5. The Morgan fingerprint density at radius 3 is 2.28 bits per heavy atom. The van der Waals surface area contributed by atoms with Crippen LogP contribution in [-0.2, 0) is 0 Å². The number of methoxy groups -OCH3 is 3. The van der Waals surface area contributed by atoms with Gasteiger partial charge in [0.05, 0.1) is 21.3 Å². The van der Waals surface area contributed by atoms with Crippen molar-refractivity contribution in [1.29, 1.82) is 0 Å². The van der Waals surface area contributed by atoms with E-state index < -0.39 is 0 Å². The second-order valence-electron chi connectivity index (χ2n) is 6.08. The lowest BCUT2D eigenvalue weighted by Gasteiger charge is -2.18. The van der Waals surface area contributed by atoms with E-state index >= 15 is 0 Å².